The van der Waals surface area contributed by atoms with E-state index in [9.17, 15) is 9.18 Å². The average molecular weight is 575 g/mol. The summed E-state index contributed by atoms with van der Waals surface area (Å²) in [7, 11) is 0. The summed E-state index contributed by atoms with van der Waals surface area (Å²) in [5.41, 5.74) is 7.94. The van der Waals surface area contributed by atoms with Gasteiger partial charge in [0.2, 0.25) is 5.91 Å². The number of imidazole rings is 1. The Morgan fingerprint density at radius 2 is 2.05 bits per heavy atom. The highest BCUT2D eigenvalue weighted by Crippen LogP contribution is 2.36. The van der Waals surface area contributed by atoms with E-state index in [-0.39, 0.29) is 21.6 Å². The normalized spacial score (nSPS) is 19.3. The van der Waals surface area contributed by atoms with Gasteiger partial charge in [-0.2, -0.15) is 0 Å². The van der Waals surface area contributed by atoms with Crippen molar-refractivity contribution in [2.45, 2.75) is 38.1 Å². The van der Waals surface area contributed by atoms with Gasteiger partial charge in [-0.25, -0.2) is 9.37 Å². The maximum absolute atomic E-state index is 14.2. The molecule has 0 bridgehead atoms. The van der Waals surface area contributed by atoms with Crippen LogP contribution in [0.3, 0.4) is 0 Å². The number of piperidine rings is 1. The Bertz CT molecular complexity index is 1480. The number of primary amides is 1. The van der Waals surface area contributed by atoms with E-state index in [1.807, 2.05) is 25.1 Å². The van der Waals surface area contributed by atoms with Crippen LogP contribution in [0.1, 0.15) is 31.4 Å². The van der Waals surface area contributed by atoms with Crippen molar-refractivity contribution in [3.8, 4) is 5.75 Å². The topological polar surface area (TPSA) is 91.4 Å². The number of amides is 1. The van der Waals surface area contributed by atoms with Gasteiger partial charge >= 0.3 is 0 Å². The zero-order valence-corrected chi connectivity index (χ0v) is 22.7. The van der Waals surface area contributed by atoms with E-state index in [0.717, 1.165) is 31.5 Å². The molecule has 38 heavy (non-hydrogen) atoms. The predicted octanol–water partition coefficient (Wildman–Crippen LogP) is 5.40. The number of thiocarbonyl (C=S) groups is 1. The number of hydrogen-bond acceptors (Lipinski definition) is 6. The van der Waals surface area contributed by atoms with E-state index in [2.05, 4.69) is 10.3 Å². The van der Waals surface area contributed by atoms with Crippen LogP contribution < -0.4 is 15.8 Å². The quantitative estimate of drug-likeness (QED) is 0.367. The van der Waals surface area contributed by atoms with Crippen LogP contribution in [0.15, 0.2) is 54.4 Å². The number of nitrogens with two attached hydrogens (primary N) is 1. The van der Waals surface area contributed by atoms with Gasteiger partial charge in [0.05, 0.1) is 37.6 Å². The number of benzene rings is 2. The van der Waals surface area contributed by atoms with Crippen LogP contribution >= 0.6 is 35.4 Å². The van der Waals surface area contributed by atoms with E-state index in [1.165, 1.54) is 18.5 Å². The molecule has 198 valence electrons. The number of nitrogens with zero attached hydrogens (tertiary/aromatic N) is 2. The number of carbonyl (C=O) groups excluding carboxylic acids is 1. The van der Waals surface area contributed by atoms with Crippen molar-refractivity contribution < 1.29 is 18.7 Å². The zero-order chi connectivity index (χ0) is 27.0. The largest absolute Gasteiger partial charge is 0.489 e. The second kappa shape index (κ2) is 11.1. The van der Waals surface area contributed by atoms with Gasteiger partial charge in [-0.15, -0.1) is 0 Å². The Labute approximate surface area is 234 Å². The van der Waals surface area contributed by atoms with Crippen LogP contribution in [0.4, 0.5) is 4.39 Å². The number of aromatic nitrogens is 2. The molecule has 2 aromatic carbocycles. The van der Waals surface area contributed by atoms with Gasteiger partial charge in [0, 0.05) is 17.3 Å². The average Bonchev–Trinajstić information content (AvgIpc) is 3.29. The lowest BCUT2D eigenvalue weighted by Gasteiger charge is -2.27. The van der Waals surface area contributed by atoms with Gasteiger partial charge in [0.15, 0.2) is 0 Å². The third-order valence-electron chi connectivity index (χ3n) is 6.63. The molecule has 1 aromatic heterocycles. The van der Waals surface area contributed by atoms with Crippen LogP contribution in [0, 0.1) is 5.82 Å². The van der Waals surface area contributed by atoms with E-state index in [0.29, 0.717) is 27.5 Å². The fourth-order valence-corrected chi connectivity index (χ4v) is 5.39. The van der Waals surface area contributed by atoms with Gasteiger partial charge < -0.3 is 20.5 Å². The van der Waals surface area contributed by atoms with Gasteiger partial charge in [-0.05, 0) is 57.1 Å². The van der Waals surface area contributed by atoms with Crippen LogP contribution in [-0.2, 0) is 9.53 Å². The summed E-state index contributed by atoms with van der Waals surface area (Å²) in [6.07, 6.45) is 5.38. The summed E-state index contributed by atoms with van der Waals surface area (Å²) < 4.78 is 28.4. The first-order chi connectivity index (χ1) is 18.2. The number of fused-ring (bicyclic) bond motifs is 1. The number of carbonyl (C=O) groups is 1. The van der Waals surface area contributed by atoms with Gasteiger partial charge in [0.25, 0.3) is 0 Å². The number of hydrogen-bond donors (Lipinski definition) is 2. The monoisotopic (exact) mass is 574 g/mol. The fraction of sp³-hybridized carbons (Fsp3) is 0.296. The Morgan fingerprint density at radius 3 is 2.79 bits per heavy atom. The molecule has 2 aliphatic rings. The summed E-state index contributed by atoms with van der Waals surface area (Å²) in [4.78, 5) is 16.8. The second-order valence-electron chi connectivity index (χ2n) is 9.17. The van der Waals surface area contributed by atoms with Gasteiger partial charge in [-0.1, -0.05) is 47.6 Å². The lowest BCUT2D eigenvalue weighted by atomic mass is 9.98. The first-order valence-corrected chi connectivity index (χ1v) is 13.3. The Hall–Kier alpha value is -2.82. The molecule has 3 aromatic rings. The summed E-state index contributed by atoms with van der Waals surface area (Å²) >= 11 is 18.2. The molecule has 1 saturated heterocycles. The molecule has 1 aliphatic carbocycles. The molecule has 0 radical (unpaired) electrons. The minimum absolute atomic E-state index is 0.0341. The molecular formula is C27H25Cl2FN4O3S. The Balaban J connectivity index is 1.45. The second-order valence-corrected chi connectivity index (χ2v) is 10.4. The first kappa shape index (κ1) is 26.8. The molecule has 1 aliphatic heterocycles. The highest BCUT2D eigenvalue weighted by molar-refractivity contribution is 7.81. The summed E-state index contributed by atoms with van der Waals surface area (Å²) in [6, 6.07) is 8.28. The highest BCUT2D eigenvalue weighted by atomic mass is 35.5. The summed E-state index contributed by atoms with van der Waals surface area (Å²) in [5, 5.41) is 3.74. The molecule has 2 heterocycles. The number of nitrogens with one attached hydrogen (secondary N) is 1. The van der Waals surface area contributed by atoms with Crippen molar-refractivity contribution in [1.29, 1.82) is 0 Å². The molecule has 1 unspecified atom stereocenters. The molecule has 7 nitrogen and oxygen atoms in total. The van der Waals surface area contributed by atoms with Crippen LogP contribution in [0.5, 0.6) is 5.75 Å². The molecule has 11 heteroatoms. The lowest BCUT2D eigenvalue weighted by Crippen LogP contribution is -2.34. The third kappa shape index (κ3) is 5.34. The molecule has 1 fully saturated rings. The Morgan fingerprint density at radius 1 is 1.29 bits per heavy atom. The highest BCUT2D eigenvalue weighted by Gasteiger charge is 2.29. The minimum atomic E-state index is -0.790. The van der Waals surface area contributed by atoms with Crippen LogP contribution in [0.25, 0.3) is 16.7 Å². The van der Waals surface area contributed by atoms with E-state index >= 15 is 0 Å². The molecule has 0 saturated carbocycles. The fourth-order valence-electron chi connectivity index (χ4n) is 4.62. The lowest BCUT2D eigenvalue weighted by molar-refractivity contribution is -0.114. The van der Waals surface area contributed by atoms with E-state index in [4.69, 9.17) is 50.6 Å². The third-order valence-corrected chi connectivity index (χ3v) is 7.78. The smallest absolute Gasteiger partial charge is 0.250 e. The molecule has 0 spiro atoms. The van der Waals surface area contributed by atoms with Crippen LogP contribution in [-0.4, -0.2) is 45.6 Å². The molecule has 3 N–H and O–H groups in total. The number of allylic oxidation sites excluding steroid dienone is 2. The van der Waals surface area contributed by atoms with Crippen molar-refractivity contribution in [2.24, 2.45) is 5.73 Å². The predicted molar refractivity (Wildman–Crippen MR) is 150 cm³/mol. The summed E-state index contributed by atoms with van der Waals surface area (Å²) in [6.45, 7) is 3.64. The van der Waals surface area contributed by atoms with Crippen molar-refractivity contribution in [3.63, 3.8) is 0 Å². The summed E-state index contributed by atoms with van der Waals surface area (Å²) in [5.74, 6) is -0.692. The maximum atomic E-state index is 14.2. The molecule has 2 atom stereocenters. The van der Waals surface area contributed by atoms with Gasteiger partial charge in [0.1, 0.15) is 30.1 Å². The van der Waals surface area contributed by atoms with Crippen LogP contribution in [0.2, 0.25) is 10.0 Å². The Kier molecular flexibility index (Phi) is 7.83. The number of rotatable bonds is 7. The van der Waals surface area contributed by atoms with E-state index < -0.39 is 23.9 Å². The number of halogens is 3. The minimum Gasteiger partial charge on any atom is -0.489 e. The standard InChI is InChI=1S/C27H25Cl2FN4O3S/c1-14(17-3-2-4-23(25(17)29)37-16-5-7-32-8-6-16)36-24-10-15(9-18(26(24)38)27(31)35)34-13-33-21-11-19(28)20(30)12-22(21)34/h2-4,9-14,16,24,32H,5-8H2,1H3,(H2,31,35)/t14-,24?/m1/s1. The van der Waals surface area contributed by atoms with Crippen molar-refractivity contribution in [1.82, 2.24) is 14.9 Å². The maximum Gasteiger partial charge on any atom is 0.250 e. The SMILES string of the molecule is C[C@@H](OC1C=C(n2cnc3cc(Cl)c(F)cc32)C=C(C(N)=O)C1=S)c1cccc(OC2CCNCC2)c1Cl. The van der Waals surface area contributed by atoms with E-state index in [1.54, 1.807) is 16.7 Å². The van der Waals surface area contributed by atoms with Gasteiger partial charge in [-0.3, -0.25) is 9.36 Å². The zero-order valence-electron chi connectivity index (χ0n) is 20.4. The van der Waals surface area contributed by atoms with Crippen molar-refractivity contribution >= 4 is 62.9 Å². The molecule has 1 amide bonds. The molecule has 5 rings (SSSR count). The van der Waals surface area contributed by atoms with Crippen molar-refractivity contribution in [2.75, 3.05) is 13.1 Å². The molecular weight excluding hydrogens is 550 g/mol. The van der Waals surface area contributed by atoms with Crippen molar-refractivity contribution in [3.05, 3.63) is 75.8 Å². The first-order valence-electron chi connectivity index (χ1n) is 12.1. The number of ether oxygens (including phenoxy) is 2.